The van der Waals surface area contributed by atoms with Crippen LogP contribution in [-0.2, 0) is 11.9 Å². The number of hydrogen-bond acceptors (Lipinski definition) is 5. The summed E-state index contributed by atoms with van der Waals surface area (Å²) < 4.78 is 52.4. The van der Waals surface area contributed by atoms with Crippen molar-refractivity contribution in [3.63, 3.8) is 0 Å². The summed E-state index contributed by atoms with van der Waals surface area (Å²) in [4.78, 5) is 18.0. The van der Waals surface area contributed by atoms with E-state index in [0.29, 0.717) is 28.1 Å². The van der Waals surface area contributed by atoms with Gasteiger partial charge in [-0.05, 0) is 35.9 Å². The summed E-state index contributed by atoms with van der Waals surface area (Å²) in [6, 6.07) is 17.2. The fourth-order valence-corrected chi connectivity index (χ4v) is 4.47. The van der Waals surface area contributed by atoms with Gasteiger partial charge in [-0.25, -0.2) is 4.98 Å². The summed E-state index contributed by atoms with van der Waals surface area (Å²) in [6.45, 7) is 0. The lowest BCUT2D eigenvalue weighted by molar-refractivity contribution is -0.138. The molecule has 0 atom stereocenters. The molecule has 0 aliphatic rings. The van der Waals surface area contributed by atoms with E-state index in [1.807, 2.05) is 0 Å². The Balaban J connectivity index is 1.87. The van der Waals surface area contributed by atoms with Crippen LogP contribution < -0.4 is 15.0 Å². The number of alkyl halides is 3. The molecule has 0 aliphatic heterocycles. The van der Waals surface area contributed by atoms with E-state index in [-0.39, 0.29) is 22.0 Å². The molecule has 0 bridgehead atoms. The maximum absolute atomic E-state index is 13.5. The Morgan fingerprint density at radius 2 is 1.70 bits per heavy atom. The Bertz CT molecular complexity index is 1370. The lowest BCUT2D eigenvalue weighted by Gasteiger charge is -2.17. The summed E-state index contributed by atoms with van der Waals surface area (Å²) in [5.74, 6) is 0.871. The maximum Gasteiger partial charge on any atom is 0.416 e. The number of rotatable bonds is 6. The second-order valence-corrected chi connectivity index (χ2v) is 7.98. The molecular weight excluding hydrogens is 453 g/mol. The molecule has 4 rings (SSSR count). The van der Waals surface area contributed by atoms with Crippen LogP contribution in [0.1, 0.15) is 11.1 Å². The van der Waals surface area contributed by atoms with Crippen molar-refractivity contribution in [3.8, 4) is 17.2 Å². The minimum atomic E-state index is -4.48. The van der Waals surface area contributed by atoms with Crippen LogP contribution >= 0.6 is 11.8 Å². The van der Waals surface area contributed by atoms with E-state index in [4.69, 9.17) is 9.47 Å². The highest BCUT2D eigenvalue weighted by molar-refractivity contribution is 7.98. The Labute approximate surface area is 191 Å². The van der Waals surface area contributed by atoms with Crippen LogP contribution in [0.5, 0.6) is 11.5 Å². The maximum atomic E-state index is 13.5. The van der Waals surface area contributed by atoms with Crippen LogP contribution in [0.2, 0.25) is 0 Å². The van der Waals surface area contributed by atoms with Crippen LogP contribution in [0.3, 0.4) is 0 Å². The molecule has 0 unspecified atom stereocenters. The molecule has 0 saturated heterocycles. The third-order valence-electron chi connectivity index (χ3n) is 5.05. The predicted octanol–water partition coefficient (Wildman–Crippen LogP) is 5.71. The molecule has 1 aromatic heterocycles. The second-order valence-electron chi connectivity index (χ2n) is 7.03. The number of aromatic nitrogens is 2. The first kappa shape index (κ1) is 22.7. The van der Waals surface area contributed by atoms with E-state index in [9.17, 15) is 18.0 Å². The van der Waals surface area contributed by atoms with Gasteiger partial charge in [-0.1, -0.05) is 42.1 Å². The summed E-state index contributed by atoms with van der Waals surface area (Å²) in [7, 11) is 2.97. The summed E-state index contributed by atoms with van der Waals surface area (Å²) in [6.07, 6.45) is -4.48. The van der Waals surface area contributed by atoms with Crippen LogP contribution in [0.15, 0.2) is 76.7 Å². The number of para-hydroxylation sites is 1. The molecule has 170 valence electrons. The summed E-state index contributed by atoms with van der Waals surface area (Å²) in [5, 5.41) is 0.634. The molecule has 0 N–H and O–H groups in total. The molecule has 4 aromatic rings. The van der Waals surface area contributed by atoms with E-state index >= 15 is 0 Å². The summed E-state index contributed by atoms with van der Waals surface area (Å²) in [5.41, 5.74) is -0.0958. The van der Waals surface area contributed by atoms with Crippen molar-refractivity contribution in [3.05, 3.63) is 88.2 Å². The average molecular weight is 472 g/mol. The molecule has 9 heteroatoms. The fraction of sp³-hybridized carbons (Fsp3) is 0.167. The largest absolute Gasteiger partial charge is 0.497 e. The molecule has 0 radical (unpaired) electrons. The zero-order valence-corrected chi connectivity index (χ0v) is 18.5. The van der Waals surface area contributed by atoms with Gasteiger partial charge < -0.3 is 9.47 Å². The van der Waals surface area contributed by atoms with Gasteiger partial charge in [0, 0.05) is 11.8 Å². The number of fused-ring (bicyclic) bond motifs is 1. The zero-order valence-electron chi connectivity index (χ0n) is 17.7. The van der Waals surface area contributed by atoms with Crippen LogP contribution in [0.25, 0.3) is 16.6 Å². The first-order chi connectivity index (χ1) is 15.8. The lowest BCUT2D eigenvalue weighted by atomic mass is 10.1. The standard InChI is InChI=1S/C24H19F3N2O3S/c1-31-16-11-12-20(21(13-16)32-2)29-22(30)17-8-4-6-10-19(17)28-23(29)33-14-15-7-3-5-9-18(15)24(25,26)27/h3-13H,14H2,1-2H3. The highest BCUT2D eigenvalue weighted by Gasteiger charge is 2.33. The Morgan fingerprint density at radius 3 is 2.42 bits per heavy atom. The smallest absolute Gasteiger partial charge is 0.416 e. The highest BCUT2D eigenvalue weighted by Crippen LogP contribution is 2.36. The first-order valence-corrected chi connectivity index (χ1v) is 10.8. The van der Waals surface area contributed by atoms with Crippen LogP contribution in [0, 0.1) is 0 Å². The highest BCUT2D eigenvalue weighted by atomic mass is 32.2. The topological polar surface area (TPSA) is 53.4 Å². The minimum absolute atomic E-state index is 0.0288. The van der Waals surface area contributed by atoms with Gasteiger partial charge in [0.2, 0.25) is 0 Å². The minimum Gasteiger partial charge on any atom is -0.497 e. The van der Waals surface area contributed by atoms with Gasteiger partial charge in [0.05, 0.1) is 36.4 Å². The molecule has 0 spiro atoms. The van der Waals surface area contributed by atoms with E-state index in [0.717, 1.165) is 17.8 Å². The molecular formula is C24H19F3N2O3S. The molecule has 1 heterocycles. The lowest BCUT2D eigenvalue weighted by Crippen LogP contribution is -2.22. The van der Waals surface area contributed by atoms with Gasteiger partial charge in [0.25, 0.3) is 5.56 Å². The molecule has 5 nitrogen and oxygen atoms in total. The normalized spacial score (nSPS) is 11.5. The number of hydrogen-bond donors (Lipinski definition) is 0. The molecule has 3 aromatic carbocycles. The van der Waals surface area contributed by atoms with Crippen molar-refractivity contribution in [2.24, 2.45) is 0 Å². The predicted molar refractivity (Wildman–Crippen MR) is 121 cm³/mol. The second kappa shape index (κ2) is 9.19. The number of thioether (sulfide) groups is 1. The van der Waals surface area contributed by atoms with Crippen molar-refractivity contribution in [2.45, 2.75) is 17.1 Å². The molecule has 0 saturated carbocycles. The fourth-order valence-electron chi connectivity index (χ4n) is 3.46. The summed E-state index contributed by atoms with van der Waals surface area (Å²) >= 11 is 1.05. The molecule has 0 amide bonds. The van der Waals surface area contributed by atoms with Crippen LogP contribution in [-0.4, -0.2) is 23.8 Å². The Kier molecular flexibility index (Phi) is 6.33. The van der Waals surface area contributed by atoms with Gasteiger partial charge in [-0.3, -0.25) is 9.36 Å². The average Bonchev–Trinajstić information content (AvgIpc) is 2.82. The van der Waals surface area contributed by atoms with Gasteiger partial charge in [0.1, 0.15) is 11.5 Å². The van der Waals surface area contributed by atoms with E-state index < -0.39 is 11.7 Å². The number of nitrogens with zero attached hydrogens (tertiary/aromatic N) is 2. The Hall–Kier alpha value is -3.46. The van der Waals surface area contributed by atoms with Gasteiger partial charge in [-0.15, -0.1) is 0 Å². The number of ether oxygens (including phenoxy) is 2. The van der Waals surface area contributed by atoms with Gasteiger partial charge in [-0.2, -0.15) is 13.2 Å². The van der Waals surface area contributed by atoms with Gasteiger partial charge >= 0.3 is 6.18 Å². The first-order valence-electron chi connectivity index (χ1n) is 9.85. The van der Waals surface area contributed by atoms with Crippen molar-refractivity contribution in [1.82, 2.24) is 9.55 Å². The zero-order chi connectivity index (χ0) is 23.6. The monoisotopic (exact) mass is 472 g/mol. The van der Waals surface area contributed by atoms with Gasteiger partial charge in [0.15, 0.2) is 5.16 Å². The van der Waals surface area contributed by atoms with Crippen LogP contribution in [0.4, 0.5) is 13.2 Å². The molecule has 33 heavy (non-hydrogen) atoms. The third kappa shape index (κ3) is 4.54. The van der Waals surface area contributed by atoms with E-state index in [2.05, 4.69) is 4.98 Å². The Morgan fingerprint density at radius 1 is 0.970 bits per heavy atom. The van der Waals surface area contributed by atoms with Crippen molar-refractivity contribution in [1.29, 1.82) is 0 Å². The number of methoxy groups -OCH3 is 2. The number of halogens is 3. The van der Waals surface area contributed by atoms with Crippen molar-refractivity contribution in [2.75, 3.05) is 14.2 Å². The third-order valence-corrected chi connectivity index (χ3v) is 6.04. The quantitative estimate of drug-likeness (QED) is 0.266. The number of benzene rings is 3. The molecule has 0 fully saturated rings. The van der Waals surface area contributed by atoms with Crippen molar-refractivity contribution >= 4 is 22.7 Å². The van der Waals surface area contributed by atoms with E-state index in [1.165, 1.54) is 30.9 Å². The van der Waals surface area contributed by atoms with E-state index in [1.54, 1.807) is 48.5 Å². The molecule has 0 aliphatic carbocycles. The van der Waals surface area contributed by atoms with Crippen molar-refractivity contribution < 1.29 is 22.6 Å². The SMILES string of the molecule is COc1ccc(-n2c(SCc3ccccc3C(F)(F)F)nc3ccccc3c2=O)c(OC)c1.